The predicted octanol–water partition coefficient (Wildman–Crippen LogP) is 1.54. The molecule has 0 atom stereocenters. The standard InChI is InChI=1S/2C8H8O2S.Pd/c2*1-11-7-5-3-2-4-6(7)8(9)10;/h2*2-5H,1H3,(H,9,10);/q;;+2/p-2. The molecule has 0 aliphatic rings. The number of carbonyl (C=O) groups excluding carboxylic acids is 2. The van der Waals surface area contributed by atoms with Gasteiger partial charge in [-0.15, -0.1) is 23.5 Å². The van der Waals surface area contributed by atoms with E-state index in [-0.39, 0.29) is 31.5 Å². The van der Waals surface area contributed by atoms with Crippen LogP contribution in [0.1, 0.15) is 20.7 Å². The average Bonchev–Trinajstić information content (AvgIpc) is 2.55. The number of carbonyl (C=O) groups is 2. The average molecular weight is 441 g/mol. The third kappa shape index (κ3) is 6.80. The van der Waals surface area contributed by atoms with Crippen LogP contribution < -0.4 is 10.2 Å². The van der Waals surface area contributed by atoms with Crippen LogP contribution in [-0.4, -0.2) is 24.5 Å². The molecule has 0 saturated heterocycles. The molecule has 0 N–H and O–H groups in total. The Hall–Kier alpha value is -1.26. The topological polar surface area (TPSA) is 80.3 Å². The number of benzene rings is 2. The molecule has 23 heavy (non-hydrogen) atoms. The van der Waals surface area contributed by atoms with Crippen molar-refractivity contribution in [2.75, 3.05) is 12.5 Å². The Labute approximate surface area is 157 Å². The molecule has 0 spiro atoms. The molecular weight excluding hydrogens is 427 g/mol. The van der Waals surface area contributed by atoms with Crippen molar-refractivity contribution in [3.8, 4) is 0 Å². The molecule has 0 unspecified atom stereocenters. The maximum absolute atomic E-state index is 10.5. The zero-order valence-corrected chi connectivity index (χ0v) is 15.6. The van der Waals surface area contributed by atoms with Crippen molar-refractivity contribution in [3.63, 3.8) is 0 Å². The molecule has 0 radical (unpaired) electrons. The van der Waals surface area contributed by atoms with E-state index in [0.717, 1.165) is 9.79 Å². The predicted molar refractivity (Wildman–Crippen MR) is 85.1 cm³/mol. The van der Waals surface area contributed by atoms with Crippen LogP contribution in [0.4, 0.5) is 0 Å². The van der Waals surface area contributed by atoms with Crippen molar-refractivity contribution < 1.29 is 40.2 Å². The third-order valence-electron chi connectivity index (χ3n) is 2.65. The number of carboxylic acids is 2. The molecule has 7 heteroatoms. The van der Waals surface area contributed by atoms with Crippen LogP contribution in [0.2, 0.25) is 0 Å². The minimum Gasteiger partial charge on any atom is -0.545 e. The Bertz CT molecular complexity index is 605. The quantitative estimate of drug-likeness (QED) is 0.530. The van der Waals surface area contributed by atoms with E-state index in [1.165, 1.54) is 23.5 Å². The summed E-state index contributed by atoms with van der Waals surface area (Å²) >= 11 is 2.81. The Kier molecular flexibility index (Phi) is 10.7. The number of hydrogen-bond donors (Lipinski definition) is 0. The zero-order chi connectivity index (χ0) is 16.5. The van der Waals surface area contributed by atoms with Crippen molar-refractivity contribution in [1.29, 1.82) is 0 Å². The van der Waals surface area contributed by atoms with Gasteiger partial charge in [-0.3, -0.25) is 0 Å². The molecule has 4 nitrogen and oxygen atoms in total. The van der Waals surface area contributed by atoms with Crippen molar-refractivity contribution in [2.24, 2.45) is 0 Å². The van der Waals surface area contributed by atoms with Gasteiger partial charge in [0, 0.05) is 20.9 Å². The first kappa shape index (κ1) is 21.7. The molecule has 0 aliphatic heterocycles. The monoisotopic (exact) mass is 440 g/mol. The minimum absolute atomic E-state index is 0. The van der Waals surface area contributed by atoms with Crippen LogP contribution in [0.25, 0.3) is 0 Å². The Morgan fingerprint density at radius 2 is 1.04 bits per heavy atom. The number of carboxylic acid groups (broad SMARTS) is 2. The van der Waals surface area contributed by atoms with E-state index < -0.39 is 11.9 Å². The van der Waals surface area contributed by atoms with Crippen molar-refractivity contribution in [1.82, 2.24) is 0 Å². The number of hydrogen-bond acceptors (Lipinski definition) is 6. The van der Waals surface area contributed by atoms with Gasteiger partial charge in [0.15, 0.2) is 0 Å². The number of rotatable bonds is 4. The summed E-state index contributed by atoms with van der Waals surface area (Å²) < 4.78 is 0. The van der Waals surface area contributed by atoms with E-state index in [9.17, 15) is 19.8 Å². The van der Waals surface area contributed by atoms with Crippen molar-refractivity contribution in [2.45, 2.75) is 9.79 Å². The summed E-state index contributed by atoms with van der Waals surface area (Å²) in [5, 5.41) is 20.9. The van der Waals surface area contributed by atoms with Gasteiger partial charge in [-0.25, -0.2) is 0 Å². The molecule has 0 bridgehead atoms. The molecule has 0 aromatic heterocycles. The maximum Gasteiger partial charge on any atom is 2.00 e. The van der Waals surface area contributed by atoms with Gasteiger partial charge in [-0.05, 0) is 24.6 Å². The van der Waals surface area contributed by atoms with Crippen LogP contribution in [0.15, 0.2) is 58.3 Å². The third-order valence-corrected chi connectivity index (χ3v) is 4.25. The van der Waals surface area contributed by atoms with Crippen LogP contribution in [0.5, 0.6) is 0 Å². The summed E-state index contributed by atoms with van der Waals surface area (Å²) in [6, 6.07) is 13.6. The molecule has 0 amide bonds. The second-order valence-electron chi connectivity index (χ2n) is 3.98. The van der Waals surface area contributed by atoms with Crippen LogP contribution >= 0.6 is 23.5 Å². The molecular formula is C16H14O4PdS2. The summed E-state index contributed by atoms with van der Waals surface area (Å²) in [4.78, 5) is 22.4. The molecule has 2 aromatic rings. The SMILES string of the molecule is CSc1ccccc1C(=O)[O-].CSc1ccccc1C(=O)[O-].[Pd+2]. The number of thioether (sulfide) groups is 2. The first-order valence-electron chi connectivity index (χ1n) is 6.20. The second kappa shape index (κ2) is 11.3. The van der Waals surface area contributed by atoms with Crippen LogP contribution in [-0.2, 0) is 20.4 Å². The van der Waals surface area contributed by atoms with E-state index in [2.05, 4.69) is 0 Å². The fourth-order valence-corrected chi connectivity index (χ4v) is 2.80. The van der Waals surface area contributed by atoms with Crippen molar-refractivity contribution in [3.05, 3.63) is 59.7 Å². The molecule has 0 aliphatic carbocycles. The molecule has 2 aromatic carbocycles. The largest absolute Gasteiger partial charge is 2.00 e. The fourth-order valence-electron chi connectivity index (χ4n) is 1.63. The minimum atomic E-state index is -1.12. The molecule has 0 fully saturated rings. The summed E-state index contributed by atoms with van der Waals surface area (Å²) in [6.07, 6.45) is 3.67. The summed E-state index contributed by atoms with van der Waals surface area (Å²) in [7, 11) is 0. The van der Waals surface area contributed by atoms with E-state index in [1.54, 1.807) is 48.5 Å². The smallest absolute Gasteiger partial charge is 0.545 e. The zero-order valence-electron chi connectivity index (χ0n) is 12.4. The Balaban J connectivity index is 0.000000403. The number of aromatic carboxylic acids is 2. The van der Waals surface area contributed by atoms with E-state index in [4.69, 9.17) is 0 Å². The van der Waals surface area contributed by atoms with E-state index in [1.807, 2.05) is 12.5 Å². The molecule has 0 heterocycles. The van der Waals surface area contributed by atoms with E-state index in [0.29, 0.717) is 0 Å². The van der Waals surface area contributed by atoms with Gasteiger partial charge < -0.3 is 19.8 Å². The van der Waals surface area contributed by atoms with Gasteiger partial charge in [0.25, 0.3) is 0 Å². The van der Waals surface area contributed by atoms with Crippen LogP contribution in [0.3, 0.4) is 0 Å². The Morgan fingerprint density at radius 3 is 1.26 bits per heavy atom. The van der Waals surface area contributed by atoms with Gasteiger partial charge in [0.05, 0.1) is 11.9 Å². The fraction of sp³-hybridized carbons (Fsp3) is 0.125. The van der Waals surface area contributed by atoms with Crippen molar-refractivity contribution >= 4 is 35.5 Å². The van der Waals surface area contributed by atoms with Gasteiger partial charge in [0.1, 0.15) is 0 Å². The first-order chi connectivity index (χ1) is 10.5. The summed E-state index contributed by atoms with van der Waals surface area (Å²) in [5.41, 5.74) is 0.528. The molecule has 2 rings (SSSR count). The van der Waals surface area contributed by atoms with Gasteiger partial charge in [0.2, 0.25) is 0 Å². The van der Waals surface area contributed by atoms with Crippen LogP contribution in [0, 0.1) is 0 Å². The van der Waals surface area contributed by atoms with Gasteiger partial charge >= 0.3 is 20.4 Å². The normalized spacial score (nSPS) is 9.13. The second-order valence-corrected chi connectivity index (χ2v) is 5.67. The van der Waals surface area contributed by atoms with Gasteiger partial charge in [-0.1, -0.05) is 36.4 Å². The summed E-state index contributed by atoms with van der Waals surface area (Å²) in [6.45, 7) is 0. The maximum atomic E-state index is 10.5. The Morgan fingerprint density at radius 1 is 0.739 bits per heavy atom. The molecule has 0 saturated carbocycles. The molecule has 124 valence electrons. The van der Waals surface area contributed by atoms with Gasteiger partial charge in [-0.2, -0.15) is 0 Å². The van der Waals surface area contributed by atoms with E-state index >= 15 is 0 Å². The summed E-state index contributed by atoms with van der Waals surface area (Å²) in [5.74, 6) is -2.23. The first-order valence-corrected chi connectivity index (χ1v) is 8.65.